The summed E-state index contributed by atoms with van der Waals surface area (Å²) in [6.07, 6.45) is -0.0897. The van der Waals surface area contributed by atoms with Gasteiger partial charge in [0.2, 0.25) is 5.91 Å². The number of rotatable bonds is 3. The quantitative estimate of drug-likeness (QED) is 0.753. The number of amides is 1. The second kappa shape index (κ2) is 4.48. The van der Waals surface area contributed by atoms with Crippen LogP contribution in [0.1, 0.15) is 27.2 Å². The predicted molar refractivity (Wildman–Crippen MR) is 61.0 cm³/mol. The summed E-state index contributed by atoms with van der Waals surface area (Å²) < 4.78 is 0. The van der Waals surface area contributed by atoms with Crippen molar-refractivity contribution < 1.29 is 9.90 Å². The van der Waals surface area contributed by atoms with Crippen molar-refractivity contribution in [3.05, 3.63) is 0 Å². The molecule has 3 unspecified atom stereocenters. The predicted octanol–water partition coefficient (Wildman–Crippen LogP) is 1.70. The van der Waals surface area contributed by atoms with Gasteiger partial charge in [0.05, 0.1) is 17.6 Å². The number of nitrogens with one attached hydrogen (secondary N) is 1. The third-order valence-electron chi connectivity index (χ3n) is 3.08. The Morgan fingerprint density at radius 3 is 2.40 bits per heavy atom. The molecular formula is C10H17Cl2NO2. The maximum atomic E-state index is 11.5. The van der Waals surface area contributed by atoms with Crippen LogP contribution in [0.2, 0.25) is 0 Å². The van der Waals surface area contributed by atoms with Gasteiger partial charge in [-0.15, -0.1) is 23.2 Å². The molecule has 0 saturated carbocycles. The third-order valence-corrected chi connectivity index (χ3v) is 3.94. The van der Waals surface area contributed by atoms with Gasteiger partial charge in [-0.05, 0) is 26.2 Å². The number of hydrogen-bond acceptors (Lipinski definition) is 2. The third kappa shape index (κ3) is 2.58. The van der Waals surface area contributed by atoms with E-state index < -0.39 is 16.4 Å². The molecule has 0 aromatic carbocycles. The van der Waals surface area contributed by atoms with Gasteiger partial charge in [0, 0.05) is 0 Å². The highest BCUT2D eigenvalue weighted by Gasteiger charge is 2.48. The summed E-state index contributed by atoms with van der Waals surface area (Å²) in [7, 11) is 0. The smallest absolute Gasteiger partial charge is 0.228 e. The van der Waals surface area contributed by atoms with Crippen LogP contribution < -0.4 is 5.32 Å². The molecule has 0 aromatic rings. The number of carbonyl (C=O) groups excluding carboxylic acids is 1. The summed E-state index contributed by atoms with van der Waals surface area (Å²) in [5.74, 6) is -0.0740. The molecule has 1 aliphatic heterocycles. The van der Waals surface area contributed by atoms with Crippen LogP contribution >= 0.6 is 23.2 Å². The normalized spacial score (nSPS) is 31.8. The molecule has 1 amide bonds. The molecule has 1 heterocycles. The largest absolute Gasteiger partial charge is 0.390 e. The van der Waals surface area contributed by atoms with E-state index in [9.17, 15) is 9.90 Å². The number of hydrogen-bond donors (Lipinski definition) is 2. The van der Waals surface area contributed by atoms with Gasteiger partial charge in [-0.2, -0.15) is 0 Å². The van der Waals surface area contributed by atoms with Crippen LogP contribution in [-0.2, 0) is 4.79 Å². The van der Waals surface area contributed by atoms with Crippen molar-refractivity contribution in [2.45, 2.75) is 44.2 Å². The molecule has 88 valence electrons. The van der Waals surface area contributed by atoms with Crippen molar-refractivity contribution in [2.75, 3.05) is 0 Å². The van der Waals surface area contributed by atoms with Crippen molar-refractivity contribution in [1.82, 2.24) is 5.32 Å². The van der Waals surface area contributed by atoms with Crippen molar-refractivity contribution in [1.29, 1.82) is 0 Å². The van der Waals surface area contributed by atoms with E-state index in [0.717, 1.165) is 0 Å². The van der Waals surface area contributed by atoms with Crippen LogP contribution in [0.15, 0.2) is 0 Å². The van der Waals surface area contributed by atoms with Crippen LogP contribution in [0, 0.1) is 11.3 Å². The number of aliphatic hydroxyl groups is 1. The van der Waals surface area contributed by atoms with Gasteiger partial charge in [-0.25, -0.2) is 0 Å². The first-order valence-electron chi connectivity index (χ1n) is 5.04. The van der Waals surface area contributed by atoms with Crippen molar-refractivity contribution in [3.63, 3.8) is 0 Å². The van der Waals surface area contributed by atoms with Crippen LogP contribution in [-0.4, -0.2) is 28.0 Å². The SMILES string of the molecule is CC(CC1NC(=O)C(C)(C)C1O)C(Cl)Cl. The van der Waals surface area contributed by atoms with Crippen molar-refractivity contribution in [2.24, 2.45) is 11.3 Å². The minimum absolute atomic E-state index is 0.0437. The molecule has 0 aromatic heterocycles. The molecule has 3 atom stereocenters. The first kappa shape index (κ1) is 13.1. The van der Waals surface area contributed by atoms with Crippen molar-refractivity contribution in [3.8, 4) is 0 Å². The van der Waals surface area contributed by atoms with Gasteiger partial charge in [0.25, 0.3) is 0 Å². The highest BCUT2D eigenvalue weighted by molar-refractivity contribution is 6.44. The number of halogens is 2. The second-order valence-electron chi connectivity index (χ2n) is 4.79. The van der Waals surface area contributed by atoms with E-state index in [1.54, 1.807) is 13.8 Å². The Morgan fingerprint density at radius 1 is 1.53 bits per heavy atom. The summed E-state index contributed by atoms with van der Waals surface area (Å²) in [6, 6.07) is -0.248. The lowest BCUT2D eigenvalue weighted by Crippen LogP contribution is -2.36. The van der Waals surface area contributed by atoms with Gasteiger partial charge in [0.15, 0.2) is 0 Å². The highest BCUT2D eigenvalue weighted by Crippen LogP contribution is 2.33. The van der Waals surface area contributed by atoms with Gasteiger partial charge in [0.1, 0.15) is 4.84 Å². The zero-order valence-corrected chi connectivity index (χ0v) is 10.6. The maximum Gasteiger partial charge on any atom is 0.228 e. The lowest BCUT2D eigenvalue weighted by molar-refractivity contribution is -0.128. The summed E-state index contributed by atoms with van der Waals surface area (Å²) in [6.45, 7) is 5.36. The molecule has 1 fully saturated rings. The molecule has 1 saturated heterocycles. The van der Waals surface area contributed by atoms with Gasteiger partial charge >= 0.3 is 0 Å². The standard InChI is InChI=1S/C10H17Cl2NO2/c1-5(8(11)12)4-6-7(14)10(2,3)9(15)13-6/h5-8,14H,4H2,1-3H3,(H,13,15). The zero-order valence-electron chi connectivity index (χ0n) is 9.13. The Kier molecular flexibility index (Phi) is 3.90. The molecule has 0 radical (unpaired) electrons. The van der Waals surface area contributed by atoms with E-state index in [0.29, 0.717) is 6.42 Å². The Hall–Kier alpha value is 0.01000. The van der Waals surface area contributed by atoms with Crippen molar-refractivity contribution >= 4 is 29.1 Å². The molecule has 2 N–H and O–H groups in total. The molecule has 3 nitrogen and oxygen atoms in total. The molecule has 5 heteroatoms. The fourth-order valence-corrected chi connectivity index (χ4v) is 1.97. The molecule has 0 bridgehead atoms. The lowest BCUT2D eigenvalue weighted by atomic mass is 9.84. The Labute approximate surface area is 100 Å². The fourth-order valence-electron chi connectivity index (χ4n) is 1.76. The summed E-state index contributed by atoms with van der Waals surface area (Å²) in [4.78, 5) is 11.1. The second-order valence-corrected chi connectivity index (χ2v) is 5.96. The molecular weight excluding hydrogens is 237 g/mol. The van der Waals surface area contributed by atoms with E-state index in [4.69, 9.17) is 23.2 Å². The Bertz CT molecular complexity index is 256. The molecule has 0 aliphatic carbocycles. The summed E-state index contributed by atoms with van der Waals surface area (Å²) in [5.41, 5.74) is -0.724. The topological polar surface area (TPSA) is 49.3 Å². The Balaban J connectivity index is 2.64. The monoisotopic (exact) mass is 253 g/mol. The minimum atomic E-state index is -0.724. The van der Waals surface area contributed by atoms with E-state index in [2.05, 4.69) is 5.32 Å². The molecule has 15 heavy (non-hydrogen) atoms. The van der Waals surface area contributed by atoms with Crippen LogP contribution in [0.3, 0.4) is 0 Å². The first-order valence-corrected chi connectivity index (χ1v) is 5.91. The van der Waals surface area contributed by atoms with Crippen LogP contribution in [0.25, 0.3) is 0 Å². The van der Waals surface area contributed by atoms with E-state index >= 15 is 0 Å². The molecule has 1 aliphatic rings. The van der Waals surface area contributed by atoms with E-state index in [-0.39, 0.29) is 17.9 Å². The fraction of sp³-hybridized carbons (Fsp3) is 0.900. The van der Waals surface area contributed by atoms with Gasteiger partial charge in [-0.1, -0.05) is 6.92 Å². The van der Waals surface area contributed by atoms with Crippen LogP contribution in [0.5, 0.6) is 0 Å². The average Bonchev–Trinajstić information content (AvgIpc) is 2.30. The number of aliphatic hydroxyl groups excluding tert-OH is 1. The van der Waals surface area contributed by atoms with E-state index in [1.807, 2.05) is 6.92 Å². The zero-order chi connectivity index (χ0) is 11.8. The number of carbonyl (C=O) groups is 1. The van der Waals surface area contributed by atoms with E-state index in [1.165, 1.54) is 0 Å². The first-order chi connectivity index (χ1) is 6.76. The van der Waals surface area contributed by atoms with Gasteiger partial charge < -0.3 is 10.4 Å². The van der Waals surface area contributed by atoms with Gasteiger partial charge in [-0.3, -0.25) is 4.79 Å². The highest BCUT2D eigenvalue weighted by atomic mass is 35.5. The average molecular weight is 254 g/mol. The maximum absolute atomic E-state index is 11.5. The number of alkyl halides is 2. The Morgan fingerprint density at radius 2 is 2.07 bits per heavy atom. The lowest BCUT2D eigenvalue weighted by Gasteiger charge is -2.24. The van der Waals surface area contributed by atoms with Crippen LogP contribution in [0.4, 0.5) is 0 Å². The summed E-state index contributed by atoms with van der Waals surface area (Å²) >= 11 is 11.5. The molecule has 0 spiro atoms. The summed E-state index contributed by atoms with van der Waals surface area (Å²) in [5, 5.41) is 12.7. The minimum Gasteiger partial charge on any atom is -0.390 e. The molecule has 1 rings (SSSR count).